The fourth-order valence-electron chi connectivity index (χ4n) is 7.18. The van der Waals surface area contributed by atoms with Crippen LogP contribution in [0.5, 0.6) is 0 Å². The predicted octanol–water partition coefficient (Wildman–Crippen LogP) is 9.23. The van der Waals surface area contributed by atoms with Crippen molar-refractivity contribution in [2.75, 3.05) is 0 Å². The summed E-state index contributed by atoms with van der Waals surface area (Å²) in [5, 5.41) is 8.32. The molecule has 5 heterocycles. The zero-order valence-corrected chi connectivity index (χ0v) is 23.0. The lowest BCUT2D eigenvalue weighted by Gasteiger charge is -2.11. The Labute approximate surface area is 245 Å². The number of hydrogen-bond donors (Lipinski definition) is 0. The zero-order valence-electron chi connectivity index (χ0n) is 23.0. The first-order valence-corrected chi connectivity index (χ1v) is 14.5. The first kappa shape index (κ1) is 22.7. The molecule has 0 spiro atoms. The van der Waals surface area contributed by atoms with Crippen LogP contribution in [0.25, 0.3) is 82.4 Å². The van der Waals surface area contributed by atoms with Gasteiger partial charge in [-0.3, -0.25) is 4.40 Å². The molecule has 10 rings (SSSR count). The minimum Gasteiger partial charge on any atom is -0.309 e. The minimum atomic E-state index is 0.916. The summed E-state index contributed by atoms with van der Waals surface area (Å²) in [5.41, 5.74) is 8.87. The predicted molar refractivity (Wildman–Crippen MR) is 177 cm³/mol. The maximum atomic E-state index is 4.80. The van der Waals surface area contributed by atoms with E-state index in [1.807, 2.05) is 24.7 Å². The highest BCUT2D eigenvalue weighted by molar-refractivity contribution is 6.28. The van der Waals surface area contributed by atoms with E-state index in [9.17, 15) is 0 Å². The molecule has 0 N–H and O–H groups in total. The fourth-order valence-corrected chi connectivity index (χ4v) is 7.18. The third kappa shape index (κ3) is 2.95. The van der Waals surface area contributed by atoms with E-state index in [0.29, 0.717) is 0 Å². The van der Waals surface area contributed by atoms with E-state index in [1.165, 1.54) is 38.1 Å². The summed E-state index contributed by atoms with van der Waals surface area (Å²) in [6, 6.07) is 43.6. The molecular weight excluding hydrogens is 526 g/mol. The van der Waals surface area contributed by atoms with Gasteiger partial charge in [0.05, 0.1) is 22.1 Å². The van der Waals surface area contributed by atoms with Gasteiger partial charge in [0.2, 0.25) is 0 Å². The SMILES string of the molecule is c1ccc(-n2c3ccccc3c3c2ccc2c4cc5c6cccnc6n6ccnc6c5cc4n(-c4ccccc4)c23)cc1. The van der Waals surface area contributed by atoms with Crippen LogP contribution in [0, 0.1) is 0 Å². The summed E-state index contributed by atoms with van der Waals surface area (Å²) in [6.45, 7) is 0. The Kier molecular flexibility index (Phi) is 4.39. The molecule has 10 aromatic rings. The Morgan fingerprint density at radius 2 is 1.12 bits per heavy atom. The smallest absolute Gasteiger partial charge is 0.146 e. The van der Waals surface area contributed by atoms with Crippen molar-refractivity contribution in [3.63, 3.8) is 0 Å². The van der Waals surface area contributed by atoms with Gasteiger partial charge in [-0.1, -0.05) is 60.7 Å². The molecule has 0 bridgehead atoms. The van der Waals surface area contributed by atoms with Crippen LogP contribution in [0.3, 0.4) is 0 Å². The molecule has 5 aromatic heterocycles. The monoisotopic (exact) mass is 549 g/mol. The summed E-state index contributed by atoms with van der Waals surface area (Å²) in [7, 11) is 0. The lowest BCUT2D eigenvalue weighted by Crippen LogP contribution is -1.96. The molecule has 0 saturated carbocycles. The van der Waals surface area contributed by atoms with E-state index in [0.717, 1.165) is 44.3 Å². The van der Waals surface area contributed by atoms with Gasteiger partial charge in [-0.2, -0.15) is 0 Å². The number of fused-ring (bicyclic) bond motifs is 13. The highest BCUT2D eigenvalue weighted by Crippen LogP contribution is 2.43. The van der Waals surface area contributed by atoms with Crippen molar-refractivity contribution in [1.82, 2.24) is 23.5 Å². The average molecular weight is 550 g/mol. The van der Waals surface area contributed by atoms with Crippen molar-refractivity contribution in [2.45, 2.75) is 0 Å². The maximum absolute atomic E-state index is 4.80. The van der Waals surface area contributed by atoms with Crippen molar-refractivity contribution in [1.29, 1.82) is 0 Å². The fraction of sp³-hybridized carbons (Fsp3) is 0. The number of pyridine rings is 2. The molecule has 5 aromatic carbocycles. The number of rotatable bonds is 2. The number of hydrogen-bond acceptors (Lipinski definition) is 2. The molecule has 0 unspecified atom stereocenters. The molecule has 0 atom stereocenters. The van der Waals surface area contributed by atoms with Crippen molar-refractivity contribution < 1.29 is 0 Å². The van der Waals surface area contributed by atoms with Crippen LogP contribution in [0.2, 0.25) is 0 Å². The molecule has 0 radical (unpaired) electrons. The maximum Gasteiger partial charge on any atom is 0.146 e. The Balaban J connectivity index is 1.48. The van der Waals surface area contributed by atoms with Crippen LogP contribution < -0.4 is 0 Å². The van der Waals surface area contributed by atoms with Crippen LogP contribution in [0.1, 0.15) is 0 Å². The van der Waals surface area contributed by atoms with Crippen LogP contribution in [0.15, 0.2) is 140 Å². The molecule has 5 heteroatoms. The number of para-hydroxylation sites is 3. The lowest BCUT2D eigenvalue weighted by atomic mass is 10.0. The second kappa shape index (κ2) is 8.30. The number of aromatic nitrogens is 5. The van der Waals surface area contributed by atoms with Gasteiger partial charge in [-0.15, -0.1) is 0 Å². The third-order valence-corrected chi connectivity index (χ3v) is 8.92. The molecule has 0 saturated heterocycles. The quantitative estimate of drug-likeness (QED) is 0.202. The molecule has 0 fully saturated rings. The van der Waals surface area contributed by atoms with Gasteiger partial charge in [0.15, 0.2) is 0 Å². The van der Waals surface area contributed by atoms with Gasteiger partial charge < -0.3 is 9.13 Å². The normalized spacial score (nSPS) is 12.2. The Morgan fingerprint density at radius 3 is 1.95 bits per heavy atom. The molecule has 43 heavy (non-hydrogen) atoms. The number of imidazole rings is 1. The van der Waals surface area contributed by atoms with Gasteiger partial charge in [-0.05, 0) is 66.0 Å². The summed E-state index contributed by atoms with van der Waals surface area (Å²) >= 11 is 0. The molecule has 0 aliphatic heterocycles. The zero-order chi connectivity index (χ0) is 28.1. The van der Waals surface area contributed by atoms with Gasteiger partial charge in [0.1, 0.15) is 11.3 Å². The van der Waals surface area contributed by atoms with E-state index in [2.05, 4.69) is 129 Å². The summed E-state index contributed by atoms with van der Waals surface area (Å²) in [6.07, 6.45) is 5.72. The van der Waals surface area contributed by atoms with E-state index < -0.39 is 0 Å². The van der Waals surface area contributed by atoms with E-state index in [-0.39, 0.29) is 0 Å². The highest BCUT2D eigenvalue weighted by Gasteiger charge is 2.22. The molecule has 0 aliphatic rings. The number of nitrogens with zero attached hydrogens (tertiary/aromatic N) is 5. The Morgan fingerprint density at radius 1 is 0.419 bits per heavy atom. The van der Waals surface area contributed by atoms with Crippen molar-refractivity contribution in [3.8, 4) is 11.4 Å². The van der Waals surface area contributed by atoms with Crippen LogP contribution in [-0.2, 0) is 0 Å². The van der Waals surface area contributed by atoms with Crippen LogP contribution in [0.4, 0.5) is 0 Å². The van der Waals surface area contributed by atoms with Crippen molar-refractivity contribution >= 4 is 71.1 Å². The topological polar surface area (TPSA) is 40.1 Å². The molecule has 0 aliphatic carbocycles. The second-order valence-electron chi connectivity index (χ2n) is 11.1. The molecule has 5 nitrogen and oxygen atoms in total. The van der Waals surface area contributed by atoms with E-state index in [4.69, 9.17) is 9.97 Å². The summed E-state index contributed by atoms with van der Waals surface area (Å²) < 4.78 is 6.94. The Hall–Kier alpha value is -5.94. The van der Waals surface area contributed by atoms with Crippen LogP contribution >= 0.6 is 0 Å². The molecular formula is C38H23N5. The van der Waals surface area contributed by atoms with Gasteiger partial charge in [-0.25, -0.2) is 9.97 Å². The first-order valence-electron chi connectivity index (χ1n) is 14.5. The molecule has 200 valence electrons. The van der Waals surface area contributed by atoms with Crippen molar-refractivity contribution in [3.05, 3.63) is 140 Å². The van der Waals surface area contributed by atoms with Gasteiger partial charge in [0.25, 0.3) is 0 Å². The average Bonchev–Trinajstić information content (AvgIpc) is 3.78. The highest BCUT2D eigenvalue weighted by atomic mass is 15.0. The van der Waals surface area contributed by atoms with Crippen LogP contribution in [-0.4, -0.2) is 23.5 Å². The Bertz CT molecular complexity index is 2710. The lowest BCUT2D eigenvalue weighted by molar-refractivity contribution is 1.17. The summed E-state index contributed by atoms with van der Waals surface area (Å²) in [5.74, 6) is 0. The van der Waals surface area contributed by atoms with E-state index in [1.54, 1.807) is 0 Å². The van der Waals surface area contributed by atoms with E-state index >= 15 is 0 Å². The standard InChI is InChI=1S/C38H23N5/c1-3-10-24(11-4-1)42-32-16-8-7-14-28(32)35-33(42)18-17-26-30-22-29-27-15-9-19-39-37(27)41-21-20-40-38(41)31(29)23-34(30)43(36(26)35)25-12-5-2-6-13-25/h1-23H. The third-order valence-electron chi connectivity index (χ3n) is 8.92. The van der Waals surface area contributed by atoms with Gasteiger partial charge >= 0.3 is 0 Å². The summed E-state index contributed by atoms with van der Waals surface area (Å²) in [4.78, 5) is 9.55. The second-order valence-corrected chi connectivity index (χ2v) is 11.1. The van der Waals surface area contributed by atoms with Gasteiger partial charge in [0, 0.05) is 62.3 Å². The first-order chi connectivity index (χ1) is 21.4. The largest absolute Gasteiger partial charge is 0.309 e. The molecule has 0 amide bonds. The van der Waals surface area contributed by atoms with Crippen molar-refractivity contribution in [2.24, 2.45) is 0 Å². The number of benzene rings is 5. The minimum absolute atomic E-state index is 0.916.